The van der Waals surface area contributed by atoms with Gasteiger partial charge in [0.15, 0.2) is 0 Å². The Kier molecular flexibility index (Phi) is 3.71. The summed E-state index contributed by atoms with van der Waals surface area (Å²) in [4.78, 5) is 14.1. The van der Waals surface area contributed by atoms with Crippen LogP contribution in [-0.2, 0) is 11.3 Å². The maximum atomic E-state index is 12.4. The van der Waals surface area contributed by atoms with Crippen molar-refractivity contribution in [2.45, 2.75) is 44.7 Å². The van der Waals surface area contributed by atoms with Crippen molar-refractivity contribution in [3.05, 3.63) is 18.0 Å². The highest BCUT2D eigenvalue weighted by atomic mass is 16.5. The number of carbonyl (C=O) groups is 1. The highest BCUT2D eigenvalue weighted by Gasteiger charge is 2.39. The zero-order valence-electron chi connectivity index (χ0n) is 11.1. The molecule has 1 saturated carbocycles. The van der Waals surface area contributed by atoms with E-state index in [1.165, 1.54) is 6.26 Å². The minimum Gasteiger partial charge on any atom is -0.364 e. The van der Waals surface area contributed by atoms with Gasteiger partial charge < -0.3 is 15.2 Å². The van der Waals surface area contributed by atoms with Gasteiger partial charge in [-0.1, -0.05) is 18.0 Å². The predicted molar refractivity (Wildman–Crippen MR) is 67.5 cm³/mol. The number of nitrogens with zero attached hydrogens (tertiary/aromatic N) is 2. The van der Waals surface area contributed by atoms with Gasteiger partial charge in [0.05, 0.1) is 12.5 Å². The van der Waals surface area contributed by atoms with Gasteiger partial charge in [-0.25, -0.2) is 0 Å². The fourth-order valence-corrected chi connectivity index (χ4v) is 2.67. The fraction of sp³-hybridized carbons (Fsp3) is 0.692. The first kappa shape index (κ1) is 13.1. The second-order valence-corrected chi connectivity index (χ2v) is 5.49. The molecule has 1 amide bonds. The number of nitrogens with two attached hydrogens (primary N) is 1. The Balaban J connectivity index is 2.01. The lowest BCUT2D eigenvalue weighted by atomic mass is 9.74. The first-order valence-electron chi connectivity index (χ1n) is 6.44. The van der Waals surface area contributed by atoms with Gasteiger partial charge in [-0.3, -0.25) is 4.79 Å². The summed E-state index contributed by atoms with van der Waals surface area (Å²) >= 11 is 0. The molecule has 0 radical (unpaired) electrons. The topological polar surface area (TPSA) is 72.4 Å². The van der Waals surface area contributed by atoms with Gasteiger partial charge in [0, 0.05) is 18.7 Å². The largest absolute Gasteiger partial charge is 0.364 e. The summed E-state index contributed by atoms with van der Waals surface area (Å²) in [7, 11) is 1.79. The molecule has 18 heavy (non-hydrogen) atoms. The van der Waals surface area contributed by atoms with Crippen LogP contribution in [0.3, 0.4) is 0 Å². The van der Waals surface area contributed by atoms with Crippen molar-refractivity contribution in [1.29, 1.82) is 0 Å². The molecular formula is C13H21N3O2. The van der Waals surface area contributed by atoms with Gasteiger partial charge in [0.2, 0.25) is 5.91 Å². The Labute approximate surface area is 107 Å². The number of hydrogen-bond donors (Lipinski definition) is 1. The summed E-state index contributed by atoms with van der Waals surface area (Å²) < 4.78 is 4.77. The summed E-state index contributed by atoms with van der Waals surface area (Å²) in [5, 5.41) is 3.82. The summed E-state index contributed by atoms with van der Waals surface area (Å²) in [5.41, 5.74) is 6.64. The molecule has 0 aromatic carbocycles. The fourth-order valence-electron chi connectivity index (χ4n) is 2.67. The molecule has 2 rings (SSSR count). The molecule has 1 heterocycles. The van der Waals surface area contributed by atoms with Gasteiger partial charge in [-0.2, -0.15) is 0 Å². The smallest absolute Gasteiger partial charge is 0.227 e. The lowest BCUT2D eigenvalue weighted by Crippen LogP contribution is -2.53. The van der Waals surface area contributed by atoms with Crippen LogP contribution in [0.2, 0.25) is 0 Å². The van der Waals surface area contributed by atoms with Crippen LogP contribution in [0.5, 0.6) is 0 Å². The minimum absolute atomic E-state index is 0.0804. The van der Waals surface area contributed by atoms with Crippen molar-refractivity contribution < 1.29 is 9.32 Å². The third-order valence-corrected chi connectivity index (χ3v) is 3.82. The van der Waals surface area contributed by atoms with E-state index in [-0.39, 0.29) is 17.4 Å². The second-order valence-electron chi connectivity index (χ2n) is 5.49. The zero-order chi connectivity index (χ0) is 13.2. The molecule has 100 valence electrons. The van der Waals surface area contributed by atoms with Crippen LogP contribution in [0, 0.1) is 5.92 Å². The van der Waals surface area contributed by atoms with E-state index in [9.17, 15) is 4.79 Å². The summed E-state index contributed by atoms with van der Waals surface area (Å²) in [6.07, 6.45) is 5.52. The molecule has 1 aromatic heterocycles. The van der Waals surface area contributed by atoms with Gasteiger partial charge in [0.25, 0.3) is 0 Å². The summed E-state index contributed by atoms with van der Waals surface area (Å²) in [6, 6.07) is 1.77. The van der Waals surface area contributed by atoms with Crippen molar-refractivity contribution >= 4 is 5.91 Å². The molecule has 2 unspecified atom stereocenters. The van der Waals surface area contributed by atoms with E-state index in [4.69, 9.17) is 10.3 Å². The van der Waals surface area contributed by atoms with Crippen LogP contribution < -0.4 is 5.73 Å². The summed E-state index contributed by atoms with van der Waals surface area (Å²) in [6.45, 7) is 2.46. The zero-order valence-corrected chi connectivity index (χ0v) is 11.1. The molecule has 1 aliphatic rings. The molecule has 2 atom stereocenters. The van der Waals surface area contributed by atoms with E-state index in [0.29, 0.717) is 6.54 Å². The van der Waals surface area contributed by atoms with Crippen molar-refractivity contribution in [2.24, 2.45) is 11.7 Å². The van der Waals surface area contributed by atoms with Crippen LogP contribution in [0.4, 0.5) is 0 Å². The molecule has 5 heteroatoms. The van der Waals surface area contributed by atoms with Gasteiger partial charge >= 0.3 is 0 Å². The Morgan fingerprint density at radius 1 is 1.67 bits per heavy atom. The van der Waals surface area contributed by atoms with Crippen LogP contribution >= 0.6 is 0 Å². The highest BCUT2D eigenvalue weighted by Crippen LogP contribution is 2.32. The predicted octanol–water partition coefficient (Wildman–Crippen LogP) is 1.54. The molecule has 1 aliphatic carbocycles. The monoisotopic (exact) mass is 251 g/mol. The van der Waals surface area contributed by atoms with Crippen molar-refractivity contribution in [3.8, 4) is 0 Å². The van der Waals surface area contributed by atoms with Crippen molar-refractivity contribution in [1.82, 2.24) is 10.1 Å². The maximum absolute atomic E-state index is 12.4. The quantitative estimate of drug-likeness (QED) is 0.884. The molecule has 1 fully saturated rings. The van der Waals surface area contributed by atoms with Gasteiger partial charge in [-0.05, 0) is 19.8 Å². The molecule has 2 N–H and O–H groups in total. The van der Waals surface area contributed by atoms with Crippen LogP contribution in [0.25, 0.3) is 0 Å². The standard InChI is InChI=1S/C13H21N3O2/c1-13(14)7-4-3-5-11(13)12(17)16(2)9-10-6-8-18-15-10/h6,8,11H,3-5,7,9,14H2,1-2H3. The normalized spacial score (nSPS) is 28.1. The number of aromatic nitrogens is 1. The number of carbonyl (C=O) groups excluding carboxylic acids is 1. The van der Waals surface area contributed by atoms with E-state index in [1.807, 2.05) is 6.92 Å². The molecule has 0 bridgehead atoms. The molecular weight excluding hydrogens is 230 g/mol. The van der Waals surface area contributed by atoms with E-state index < -0.39 is 0 Å². The highest BCUT2D eigenvalue weighted by molar-refractivity contribution is 5.80. The first-order chi connectivity index (χ1) is 8.50. The van der Waals surface area contributed by atoms with Gasteiger partial charge in [0.1, 0.15) is 12.0 Å². The molecule has 1 aromatic rings. The van der Waals surface area contributed by atoms with Crippen LogP contribution in [0.15, 0.2) is 16.9 Å². The molecule has 5 nitrogen and oxygen atoms in total. The molecule has 0 spiro atoms. The van der Waals surface area contributed by atoms with E-state index in [1.54, 1.807) is 18.0 Å². The SMILES string of the molecule is CN(Cc1ccon1)C(=O)C1CCCCC1(C)N. The Hall–Kier alpha value is -1.36. The minimum atomic E-state index is -0.382. The third kappa shape index (κ3) is 2.72. The van der Waals surface area contributed by atoms with Gasteiger partial charge in [-0.15, -0.1) is 0 Å². The molecule has 0 aliphatic heterocycles. The molecule has 0 saturated heterocycles. The first-order valence-corrected chi connectivity index (χ1v) is 6.44. The Bertz CT molecular complexity index is 400. The van der Waals surface area contributed by atoms with E-state index in [0.717, 1.165) is 31.4 Å². The number of rotatable bonds is 3. The van der Waals surface area contributed by atoms with Crippen LogP contribution in [-0.4, -0.2) is 28.6 Å². The Morgan fingerprint density at radius 3 is 3.06 bits per heavy atom. The average Bonchev–Trinajstić information content (AvgIpc) is 2.80. The average molecular weight is 251 g/mol. The number of amides is 1. The maximum Gasteiger partial charge on any atom is 0.227 e. The number of hydrogen-bond acceptors (Lipinski definition) is 4. The van der Waals surface area contributed by atoms with E-state index in [2.05, 4.69) is 5.16 Å². The van der Waals surface area contributed by atoms with Crippen LogP contribution in [0.1, 0.15) is 38.3 Å². The lowest BCUT2D eigenvalue weighted by Gasteiger charge is -2.39. The van der Waals surface area contributed by atoms with Crippen molar-refractivity contribution in [3.63, 3.8) is 0 Å². The van der Waals surface area contributed by atoms with Crippen molar-refractivity contribution in [2.75, 3.05) is 7.05 Å². The lowest BCUT2D eigenvalue weighted by molar-refractivity contribution is -0.138. The third-order valence-electron chi connectivity index (χ3n) is 3.82. The Morgan fingerprint density at radius 2 is 2.44 bits per heavy atom. The summed E-state index contributed by atoms with van der Waals surface area (Å²) in [5.74, 6) is 0.0332. The second kappa shape index (κ2) is 5.10. The van der Waals surface area contributed by atoms with E-state index >= 15 is 0 Å².